The average Bonchev–Trinajstić information content (AvgIpc) is 2.47. The largest absolute Gasteiger partial charge is 0.267 e. The molecule has 0 atom stereocenters. The van der Waals surface area contributed by atoms with Crippen molar-refractivity contribution in [2.75, 3.05) is 4.72 Å². The van der Waals surface area contributed by atoms with E-state index < -0.39 is 15.8 Å². The van der Waals surface area contributed by atoms with Crippen LogP contribution in [0, 0.1) is 5.82 Å². The van der Waals surface area contributed by atoms with Crippen molar-refractivity contribution in [3.05, 3.63) is 71.0 Å². The summed E-state index contributed by atoms with van der Waals surface area (Å²) in [6, 6.07) is 14.1. The fraction of sp³-hybridized carbons (Fsp3) is 0.0625. The Labute approximate surface area is 138 Å². The van der Waals surface area contributed by atoms with Crippen LogP contribution in [-0.2, 0) is 15.8 Å². The third-order valence-corrected chi connectivity index (χ3v) is 4.72. The van der Waals surface area contributed by atoms with Crippen LogP contribution in [0.5, 0.6) is 0 Å². The number of benzene rings is 2. The van der Waals surface area contributed by atoms with Crippen LogP contribution in [0.1, 0.15) is 5.56 Å². The molecule has 1 heterocycles. The minimum atomic E-state index is -3.71. The van der Waals surface area contributed by atoms with Gasteiger partial charge in [-0.1, -0.05) is 35.9 Å². The van der Waals surface area contributed by atoms with Gasteiger partial charge in [0.1, 0.15) is 11.6 Å². The lowest BCUT2D eigenvalue weighted by molar-refractivity contribution is 0.599. The van der Waals surface area contributed by atoms with E-state index in [9.17, 15) is 12.8 Å². The third-order valence-electron chi connectivity index (χ3n) is 3.18. The van der Waals surface area contributed by atoms with Gasteiger partial charge in [0.25, 0.3) is 0 Å². The highest BCUT2D eigenvalue weighted by Gasteiger charge is 2.13. The molecule has 0 bridgehead atoms. The summed E-state index contributed by atoms with van der Waals surface area (Å²) in [4.78, 5) is 4.22. The molecule has 1 aromatic heterocycles. The molecule has 0 aliphatic rings. The van der Waals surface area contributed by atoms with Crippen molar-refractivity contribution in [1.82, 2.24) is 4.98 Å². The molecule has 1 N–H and O–H groups in total. The number of hydrogen-bond acceptors (Lipinski definition) is 3. The Morgan fingerprint density at radius 2 is 1.87 bits per heavy atom. The Hall–Kier alpha value is -2.18. The fourth-order valence-corrected chi connectivity index (χ4v) is 3.56. The number of anilines is 1. The van der Waals surface area contributed by atoms with Gasteiger partial charge in [0.2, 0.25) is 10.0 Å². The van der Waals surface area contributed by atoms with E-state index in [0.717, 1.165) is 5.39 Å². The van der Waals surface area contributed by atoms with E-state index in [2.05, 4.69) is 9.71 Å². The fourth-order valence-electron chi connectivity index (χ4n) is 2.21. The lowest BCUT2D eigenvalue weighted by atomic mass is 10.2. The maximum absolute atomic E-state index is 13.1. The number of hydrogen-bond donors (Lipinski definition) is 1. The SMILES string of the molecule is O=S(=O)(Cc1cccc(F)c1)Nc1ccc2cccc(Cl)c2n1. The minimum absolute atomic E-state index is 0.169. The average molecular weight is 351 g/mol. The van der Waals surface area contributed by atoms with E-state index in [0.29, 0.717) is 16.1 Å². The Balaban J connectivity index is 1.87. The maximum atomic E-state index is 13.1. The molecule has 0 unspecified atom stereocenters. The number of nitrogens with zero attached hydrogens (tertiary/aromatic N) is 1. The summed E-state index contributed by atoms with van der Waals surface area (Å²) in [7, 11) is -3.71. The van der Waals surface area contributed by atoms with E-state index in [1.54, 1.807) is 30.3 Å². The summed E-state index contributed by atoms with van der Waals surface area (Å²) in [5, 5.41) is 1.25. The second-order valence-electron chi connectivity index (χ2n) is 5.00. The number of fused-ring (bicyclic) bond motifs is 1. The number of sulfonamides is 1. The first-order valence-corrected chi connectivity index (χ1v) is 8.76. The van der Waals surface area contributed by atoms with E-state index >= 15 is 0 Å². The van der Waals surface area contributed by atoms with Gasteiger partial charge in [0.15, 0.2) is 0 Å². The second kappa shape index (κ2) is 6.14. The molecule has 0 aliphatic heterocycles. The Morgan fingerprint density at radius 3 is 2.65 bits per heavy atom. The Bertz CT molecular complexity index is 977. The molecule has 0 spiro atoms. The molecule has 0 saturated heterocycles. The third kappa shape index (κ3) is 3.78. The van der Waals surface area contributed by atoms with Crippen molar-refractivity contribution in [3.8, 4) is 0 Å². The molecule has 23 heavy (non-hydrogen) atoms. The number of rotatable bonds is 4. The van der Waals surface area contributed by atoms with Crippen LogP contribution in [0.3, 0.4) is 0 Å². The molecule has 4 nitrogen and oxygen atoms in total. The van der Waals surface area contributed by atoms with Gasteiger partial charge in [0.05, 0.1) is 16.3 Å². The Morgan fingerprint density at radius 1 is 1.09 bits per heavy atom. The molecule has 3 rings (SSSR count). The summed E-state index contributed by atoms with van der Waals surface area (Å²) in [6.07, 6.45) is 0. The maximum Gasteiger partial charge on any atom is 0.238 e. The second-order valence-corrected chi connectivity index (χ2v) is 7.13. The van der Waals surface area contributed by atoms with Gasteiger partial charge in [-0.05, 0) is 35.9 Å². The monoisotopic (exact) mass is 350 g/mol. The molecule has 0 saturated carbocycles. The number of aromatic nitrogens is 1. The van der Waals surface area contributed by atoms with Crippen LogP contribution in [0.2, 0.25) is 5.02 Å². The molecule has 7 heteroatoms. The molecule has 0 aliphatic carbocycles. The van der Waals surface area contributed by atoms with Gasteiger partial charge in [0, 0.05) is 5.39 Å². The highest BCUT2D eigenvalue weighted by atomic mass is 35.5. The van der Waals surface area contributed by atoms with Crippen LogP contribution in [0.15, 0.2) is 54.6 Å². The Kier molecular flexibility index (Phi) is 4.19. The molecule has 0 fully saturated rings. The highest BCUT2D eigenvalue weighted by Crippen LogP contribution is 2.23. The lowest BCUT2D eigenvalue weighted by Gasteiger charge is -2.09. The first kappa shape index (κ1) is 15.7. The van der Waals surface area contributed by atoms with Gasteiger partial charge >= 0.3 is 0 Å². The quantitative estimate of drug-likeness (QED) is 0.774. The van der Waals surface area contributed by atoms with Crippen LogP contribution in [0.4, 0.5) is 10.2 Å². The van der Waals surface area contributed by atoms with E-state index in [4.69, 9.17) is 11.6 Å². The summed E-state index contributed by atoms with van der Waals surface area (Å²) in [6.45, 7) is 0. The lowest BCUT2D eigenvalue weighted by Crippen LogP contribution is -2.16. The van der Waals surface area contributed by atoms with Gasteiger partial charge < -0.3 is 0 Å². The van der Waals surface area contributed by atoms with E-state index in [-0.39, 0.29) is 11.6 Å². The van der Waals surface area contributed by atoms with Gasteiger partial charge in [-0.3, -0.25) is 4.72 Å². The van der Waals surface area contributed by atoms with E-state index in [1.807, 2.05) is 6.07 Å². The smallest absolute Gasteiger partial charge is 0.238 e. The first-order chi connectivity index (χ1) is 10.9. The molecule has 3 aromatic rings. The van der Waals surface area contributed by atoms with Crippen molar-refractivity contribution in [3.63, 3.8) is 0 Å². The number of halogens is 2. The molecule has 0 radical (unpaired) electrons. The normalized spacial score (nSPS) is 11.6. The van der Waals surface area contributed by atoms with Gasteiger partial charge in [-0.2, -0.15) is 0 Å². The molecular formula is C16H12ClFN2O2S. The zero-order chi connectivity index (χ0) is 16.4. The summed E-state index contributed by atoms with van der Waals surface area (Å²) >= 11 is 6.07. The van der Waals surface area contributed by atoms with Gasteiger partial charge in [-0.25, -0.2) is 17.8 Å². The zero-order valence-corrected chi connectivity index (χ0v) is 13.4. The number of para-hydroxylation sites is 1. The molecule has 2 aromatic carbocycles. The molecule has 118 valence electrons. The summed E-state index contributed by atoms with van der Waals surface area (Å²) < 4.78 is 39.9. The van der Waals surface area contributed by atoms with Crippen molar-refractivity contribution >= 4 is 38.3 Å². The zero-order valence-electron chi connectivity index (χ0n) is 11.8. The number of pyridine rings is 1. The standard InChI is InChI=1S/C16H12ClFN2O2S/c17-14-6-2-4-12-7-8-15(19-16(12)14)20-23(21,22)10-11-3-1-5-13(18)9-11/h1-9H,10H2,(H,19,20). The topological polar surface area (TPSA) is 59.1 Å². The minimum Gasteiger partial charge on any atom is -0.267 e. The predicted octanol–water partition coefficient (Wildman–Crippen LogP) is 3.97. The summed E-state index contributed by atoms with van der Waals surface area (Å²) in [5.41, 5.74) is 0.872. The van der Waals surface area contributed by atoms with Crippen LogP contribution in [-0.4, -0.2) is 13.4 Å². The molecule has 0 amide bonds. The highest BCUT2D eigenvalue weighted by molar-refractivity contribution is 7.91. The van der Waals surface area contributed by atoms with E-state index in [1.165, 1.54) is 18.2 Å². The number of nitrogens with one attached hydrogen (secondary N) is 1. The van der Waals surface area contributed by atoms with Gasteiger partial charge in [-0.15, -0.1) is 0 Å². The van der Waals surface area contributed by atoms with Crippen LogP contribution in [0.25, 0.3) is 10.9 Å². The van der Waals surface area contributed by atoms with Crippen molar-refractivity contribution in [2.45, 2.75) is 5.75 Å². The van der Waals surface area contributed by atoms with Crippen molar-refractivity contribution in [1.29, 1.82) is 0 Å². The first-order valence-electron chi connectivity index (χ1n) is 6.73. The van der Waals surface area contributed by atoms with Crippen molar-refractivity contribution in [2.24, 2.45) is 0 Å². The van der Waals surface area contributed by atoms with Crippen molar-refractivity contribution < 1.29 is 12.8 Å². The molecular weight excluding hydrogens is 339 g/mol. The van der Waals surface area contributed by atoms with Crippen LogP contribution < -0.4 is 4.72 Å². The summed E-state index contributed by atoms with van der Waals surface area (Å²) in [5.74, 6) is -0.650. The van der Waals surface area contributed by atoms with Crippen LogP contribution >= 0.6 is 11.6 Å². The predicted molar refractivity (Wildman–Crippen MR) is 89.4 cm³/mol.